The number of benzene rings is 1. The Hall–Kier alpha value is -1.54. The highest BCUT2D eigenvalue weighted by atomic mass is 79.9. The first-order valence-corrected chi connectivity index (χ1v) is 8.28. The quantitative estimate of drug-likeness (QED) is 0.803. The molecule has 1 aromatic heterocycles. The van der Waals surface area contributed by atoms with Crippen molar-refractivity contribution in [2.45, 2.75) is 24.8 Å². The average molecular weight is 405 g/mol. The Bertz CT molecular complexity index is 849. The number of halogens is 4. The summed E-state index contributed by atoms with van der Waals surface area (Å²) in [7, 11) is 1.49. The van der Waals surface area contributed by atoms with Crippen LogP contribution in [-0.4, -0.2) is 28.2 Å². The van der Waals surface area contributed by atoms with Crippen molar-refractivity contribution >= 4 is 32.5 Å². The molecular weight excluding hydrogens is 389 g/mol. The number of hydrogen-bond donors (Lipinski definition) is 2. The van der Waals surface area contributed by atoms with Gasteiger partial charge in [-0.25, -0.2) is 13.2 Å². The van der Waals surface area contributed by atoms with E-state index in [0.717, 1.165) is 0 Å². The third-order valence-electron chi connectivity index (χ3n) is 4.36. The second-order valence-electron chi connectivity index (χ2n) is 6.12. The fourth-order valence-electron chi connectivity index (χ4n) is 2.83. The van der Waals surface area contributed by atoms with Crippen molar-refractivity contribution in [3.8, 4) is 0 Å². The molecule has 1 heterocycles. The number of anilines is 1. The minimum absolute atomic E-state index is 0.175. The maximum atomic E-state index is 14.1. The lowest BCUT2D eigenvalue weighted by Gasteiger charge is -2.28. The van der Waals surface area contributed by atoms with Gasteiger partial charge in [0.2, 0.25) is 0 Å². The van der Waals surface area contributed by atoms with Gasteiger partial charge in [-0.2, -0.15) is 0 Å². The minimum atomic E-state index is -3.31. The topological polar surface area (TPSA) is 54.3 Å². The van der Waals surface area contributed by atoms with Gasteiger partial charge in [0.15, 0.2) is 0 Å². The van der Waals surface area contributed by atoms with E-state index in [4.69, 9.17) is 5.11 Å². The summed E-state index contributed by atoms with van der Waals surface area (Å²) >= 11 is 3.08. The summed E-state index contributed by atoms with van der Waals surface area (Å²) < 4.78 is 43.3. The molecule has 1 fully saturated rings. The van der Waals surface area contributed by atoms with Gasteiger partial charge in [-0.1, -0.05) is 0 Å². The number of alkyl halides is 2. The van der Waals surface area contributed by atoms with Crippen LogP contribution in [-0.2, 0) is 7.05 Å². The van der Waals surface area contributed by atoms with Gasteiger partial charge >= 0.3 is 0 Å². The SMILES string of the molecule is Cn1c(=O)cc(N[C@@H](C2CC2)C(F)(F)CO)c2cc(Br)c(F)cc21. The molecule has 0 radical (unpaired) electrons. The van der Waals surface area contributed by atoms with E-state index in [1.807, 2.05) is 0 Å². The molecular formula is C16H16BrF3N2O2. The van der Waals surface area contributed by atoms with Gasteiger partial charge in [0, 0.05) is 24.2 Å². The zero-order valence-corrected chi connectivity index (χ0v) is 14.4. The fourth-order valence-corrected chi connectivity index (χ4v) is 3.17. The van der Waals surface area contributed by atoms with Crippen LogP contribution in [0, 0.1) is 11.7 Å². The maximum absolute atomic E-state index is 14.1. The molecule has 3 rings (SSSR count). The van der Waals surface area contributed by atoms with Crippen LogP contribution in [0.15, 0.2) is 27.5 Å². The number of nitrogens with zero attached hydrogens (tertiary/aromatic N) is 1. The molecule has 1 atom stereocenters. The Morgan fingerprint density at radius 1 is 1.42 bits per heavy atom. The lowest BCUT2D eigenvalue weighted by Crippen LogP contribution is -2.44. The first kappa shape index (κ1) is 17.3. The first-order chi connectivity index (χ1) is 11.2. The minimum Gasteiger partial charge on any atom is -0.390 e. The van der Waals surface area contributed by atoms with E-state index < -0.39 is 29.9 Å². The number of nitrogens with one attached hydrogen (secondary N) is 1. The van der Waals surface area contributed by atoms with Gasteiger partial charge in [-0.3, -0.25) is 4.79 Å². The summed E-state index contributed by atoms with van der Waals surface area (Å²) in [6.45, 7) is -1.28. The number of pyridine rings is 1. The summed E-state index contributed by atoms with van der Waals surface area (Å²) in [4.78, 5) is 12.1. The predicted molar refractivity (Wildman–Crippen MR) is 89.0 cm³/mol. The lowest BCUT2D eigenvalue weighted by atomic mass is 10.0. The smallest absolute Gasteiger partial charge is 0.290 e. The molecule has 2 aromatic rings. The maximum Gasteiger partial charge on any atom is 0.290 e. The Balaban J connectivity index is 2.13. The van der Waals surface area contributed by atoms with Crippen molar-refractivity contribution in [2.24, 2.45) is 13.0 Å². The van der Waals surface area contributed by atoms with Gasteiger partial charge in [-0.05, 0) is 46.8 Å². The molecule has 8 heteroatoms. The number of aryl methyl sites for hydroxylation is 1. The van der Waals surface area contributed by atoms with Crippen molar-refractivity contribution in [3.05, 3.63) is 38.8 Å². The van der Waals surface area contributed by atoms with Gasteiger partial charge in [0.1, 0.15) is 12.4 Å². The molecule has 0 unspecified atom stereocenters. The molecule has 1 saturated carbocycles. The average Bonchev–Trinajstić information content (AvgIpc) is 3.36. The molecule has 1 aromatic carbocycles. The number of aliphatic hydroxyl groups excluding tert-OH is 1. The van der Waals surface area contributed by atoms with Crippen LogP contribution in [0.2, 0.25) is 0 Å². The Kier molecular flexibility index (Phi) is 4.37. The van der Waals surface area contributed by atoms with Crippen LogP contribution in [0.3, 0.4) is 0 Å². The Labute approximate surface area is 144 Å². The van der Waals surface area contributed by atoms with Crippen LogP contribution in [0.1, 0.15) is 12.8 Å². The van der Waals surface area contributed by atoms with E-state index in [-0.39, 0.29) is 16.1 Å². The van der Waals surface area contributed by atoms with Crippen LogP contribution < -0.4 is 10.9 Å². The molecule has 1 aliphatic carbocycles. The molecule has 4 nitrogen and oxygen atoms in total. The number of aromatic nitrogens is 1. The number of rotatable bonds is 5. The monoisotopic (exact) mass is 404 g/mol. The number of fused-ring (bicyclic) bond motifs is 1. The van der Waals surface area contributed by atoms with Gasteiger partial charge in [0.05, 0.1) is 16.0 Å². The van der Waals surface area contributed by atoms with Crippen molar-refractivity contribution in [2.75, 3.05) is 11.9 Å². The molecule has 2 N–H and O–H groups in total. The van der Waals surface area contributed by atoms with E-state index in [0.29, 0.717) is 23.7 Å². The second-order valence-corrected chi connectivity index (χ2v) is 6.97. The van der Waals surface area contributed by atoms with Gasteiger partial charge < -0.3 is 15.0 Å². The van der Waals surface area contributed by atoms with Crippen LogP contribution in [0.4, 0.5) is 18.9 Å². The third-order valence-corrected chi connectivity index (χ3v) is 4.97. The standard InChI is InChI=1S/C16H16BrF3N2O2/c1-22-13-5-11(18)10(17)4-9(13)12(6-14(22)24)21-15(8-2-3-8)16(19,20)7-23/h4-6,8,15,21,23H,2-3,7H2,1H3/t15-/m0/s1. The molecule has 1 aliphatic rings. The van der Waals surface area contributed by atoms with Crippen molar-refractivity contribution < 1.29 is 18.3 Å². The van der Waals surface area contributed by atoms with Gasteiger partial charge in [-0.15, -0.1) is 0 Å². The highest BCUT2D eigenvalue weighted by Gasteiger charge is 2.48. The van der Waals surface area contributed by atoms with E-state index in [2.05, 4.69) is 21.2 Å². The molecule has 0 saturated heterocycles. The Morgan fingerprint density at radius 2 is 2.08 bits per heavy atom. The van der Waals surface area contributed by atoms with E-state index in [1.54, 1.807) is 0 Å². The summed E-state index contributed by atoms with van der Waals surface area (Å²) in [6.07, 6.45) is 1.27. The van der Waals surface area contributed by atoms with Crippen molar-refractivity contribution in [1.29, 1.82) is 0 Å². The van der Waals surface area contributed by atoms with Gasteiger partial charge in [0.25, 0.3) is 11.5 Å². The molecule has 0 amide bonds. The zero-order valence-electron chi connectivity index (χ0n) is 12.8. The predicted octanol–water partition coefficient (Wildman–Crippen LogP) is 3.26. The van der Waals surface area contributed by atoms with Crippen LogP contribution in [0.25, 0.3) is 10.9 Å². The number of hydrogen-bond acceptors (Lipinski definition) is 3. The largest absolute Gasteiger partial charge is 0.390 e. The summed E-state index contributed by atoms with van der Waals surface area (Å²) in [6, 6.07) is 2.58. The molecule has 0 bridgehead atoms. The van der Waals surface area contributed by atoms with Crippen molar-refractivity contribution in [1.82, 2.24) is 4.57 Å². The summed E-state index contributed by atoms with van der Waals surface area (Å²) in [5.41, 5.74) is 0.0694. The molecule has 0 aliphatic heterocycles. The first-order valence-electron chi connectivity index (χ1n) is 7.48. The molecule has 24 heavy (non-hydrogen) atoms. The normalized spacial score (nSPS) is 16.4. The van der Waals surface area contributed by atoms with Crippen molar-refractivity contribution in [3.63, 3.8) is 0 Å². The third kappa shape index (κ3) is 3.04. The Morgan fingerprint density at radius 3 is 2.67 bits per heavy atom. The second kappa shape index (κ2) is 6.07. The summed E-state index contributed by atoms with van der Waals surface area (Å²) in [5, 5.41) is 12.2. The highest BCUT2D eigenvalue weighted by molar-refractivity contribution is 9.10. The summed E-state index contributed by atoms with van der Waals surface area (Å²) in [5.74, 6) is -4.13. The lowest BCUT2D eigenvalue weighted by molar-refractivity contribution is -0.0694. The fraction of sp³-hybridized carbons (Fsp3) is 0.438. The molecule has 0 spiro atoms. The van der Waals surface area contributed by atoms with Crippen LogP contribution >= 0.6 is 15.9 Å². The highest BCUT2D eigenvalue weighted by Crippen LogP contribution is 2.41. The zero-order chi connectivity index (χ0) is 17.6. The van der Waals surface area contributed by atoms with E-state index in [9.17, 15) is 18.0 Å². The van der Waals surface area contributed by atoms with E-state index in [1.165, 1.54) is 29.8 Å². The van der Waals surface area contributed by atoms with Crippen LogP contribution in [0.5, 0.6) is 0 Å². The molecule has 130 valence electrons. The number of aliphatic hydroxyl groups is 1. The van der Waals surface area contributed by atoms with E-state index >= 15 is 0 Å².